The van der Waals surface area contributed by atoms with E-state index in [9.17, 15) is 4.79 Å². The minimum Gasteiger partial charge on any atom is -0.371 e. The first-order chi connectivity index (χ1) is 7.31. The van der Waals surface area contributed by atoms with Gasteiger partial charge < -0.3 is 4.90 Å². The van der Waals surface area contributed by atoms with Gasteiger partial charge >= 0.3 is 0 Å². The SMILES string of the molecule is Cc1cnc(C=O)cc1N1CCCCC1. The number of pyridine rings is 1. The summed E-state index contributed by atoms with van der Waals surface area (Å²) in [6.07, 6.45) is 6.41. The van der Waals surface area contributed by atoms with Crippen molar-refractivity contribution in [2.45, 2.75) is 26.2 Å². The van der Waals surface area contributed by atoms with E-state index >= 15 is 0 Å². The summed E-state index contributed by atoms with van der Waals surface area (Å²) in [5.41, 5.74) is 2.86. The molecule has 1 aromatic rings. The topological polar surface area (TPSA) is 33.2 Å². The molecule has 2 heterocycles. The van der Waals surface area contributed by atoms with Crippen LogP contribution in [0.25, 0.3) is 0 Å². The predicted octanol–water partition coefficient (Wildman–Crippen LogP) is 2.19. The van der Waals surface area contributed by atoms with E-state index < -0.39 is 0 Å². The van der Waals surface area contributed by atoms with E-state index in [1.807, 2.05) is 13.0 Å². The number of aldehydes is 1. The Bertz CT molecular complexity index is 357. The fourth-order valence-corrected chi connectivity index (χ4v) is 2.07. The molecule has 1 aliphatic heterocycles. The number of hydrogen-bond donors (Lipinski definition) is 0. The van der Waals surface area contributed by atoms with Crippen molar-refractivity contribution in [3.05, 3.63) is 23.5 Å². The van der Waals surface area contributed by atoms with Crippen molar-refractivity contribution in [2.75, 3.05) is 18.0 Å². The van der Waals surface area contributed by atoms with Gasteiger partial charge in [0.25, 0.3) is 0 Å². The van der Waals surface area contributed by atoms with Crippen molar-refractivity contribution in [3.63, 3.8) is 0 Å². The standard InChI is InChI=1S/C12H16N2O/c1-10-8-13-11(9-15)7-12(10)14-5-3-2-4-6-14/h7-9H,2-6H2,1H3. The first kappa shape index (κ1) is 10.1. The molecule has 15 heavy (non-hydrogen) atoms. The Labute approximate surface area is 90.1 Å². The number of aromatic nitrogens is 1. The van der Waals surface area contributed by atoms with Crippen LogP contribution in [-0.2, 0) is 0 Å². The number of aryl methyl sites for hydroxylation is 1. The molecule has 3 heteroatoms. The third-order valence-corrected chi connectivity index (χ3v) is 2.91. The van der Waals surface area contributed by atoms with Crippen LogP contribution in [-0.4, -0.2) is 24.4 Å². The average Bonchev–Trinajstić information content (AvgIpc) is 2.31. The van der Waals surface area contributed by atoms with Gasteiger partial charge in [-0.05, 0) is 37.8 Å². The largest absolute Gasteiger partial charge is 0.371 e. The van der Waals surface area contributed by atoms with Gasteiger partial charge in [0.15, 0.2) is 6.29 Å². The minimum atomic E-state index is 0.529. The van der Waals surface area contributed by atoms with Crippen LogP contribution in [0.4, 0.5) is 5.69 Å². The van der Waals surface area contributed by atoms with Gasteiger partial charge in [0.1, 0.15) is 5.69 Å². The monoisotopic (exact) mass is 204 g/mol. The van der Waals surface area contributed by atoms with Gasteiger partial charge in [-0.3, -0.25) is 9.78 Å². The Balaban J connectivity index is 2.28. The summed E-state index contributed by atoms with van der Waals surface area (Å²) in [4.78, 5) is 17.1. The van der Waals surface area contributed by atoms with Crippen molar-refractivity contribution < 1.29 is 4.79 Å². The number of carbonyl (C=O) groups excluding carboxylic acids is 1. The van der Waals surface area contributed by atoms with Crippen LogP contribution in [0.3, 0.4) is 0 Å². The smallest absolute Gasteiger partial charge is 0.168 e. The summed E-state index contributed by atoms with van der Waals surface area (Å²) in [7, 11) is 0. The summed E-state index contributed by atoms with van der Waals surface area (Å²) < 4.78 is 0. The molecular weight excluding hydrogens is 188 g/mol. The Hall–Kier alpha value is -1.38. The maximum Gasteiger partial charge on any atom is 0.168 e. The van der Waals surface area contributed by atoms with E-state index in [0.29, 0.717) is 5.69 Å². The molecule has 3 nitrogen and oxygen atoms in total. The van der Waals surface area contributed by atoms with Crippen LogP contribution >= 0.6 is 0 Å². The molecule has 1 saturated heterocycles. The zero-order valence-corrected chi connectivity index (χ0v) is 9.07. The molecule has 0 aromatic carbocycles. The highest BCUT2D eigenvalue weighted by Gasteiger charge is 2.13. The van der Waals surface area contributed by atoms with Gasteiger partial charge in [-0.1, -0.05) is 0 Å². The van der Waals surface area contributed by atoms with Gasteiger partial charge in [-0.25, -0.2) is 0 Å². The average molecular weight is 204 g/mol. The normalized spacial score (nSPS) is 16.5. The Morgan fingerprint density at radius 1 is 1.33 bits per heavy atom. The van der Waals surface area contributed by atoms with E-state index in [-0.39, 0.29) is 0 Å². The van der Waals surface area contributed by atoms with Crippen molar-refractivity contribution in [3.8, 4) is 0 Å². The quantitative estimate of drug-likeness (QED) is 0.692. The van der Waals surface area contributed by atoms with Gasteiger partial charge in [0.05, 0.1) is 0 Å². The van der Waals surface area contributed by atoms with Crippen LogP contribution in [0.15, 0.2) is 12.3 Å². The molecule has 1 aromatic heterocycles. The highest BCUT2D eigenvalue weighted by molar-refractivity contribution is 5.74. The van der Waals surface area contributed by atoms with E-state index in [4.69, 9.17) is 0 Å². The Morgan fingerprint density at radius 2 is 2.07 bits per heavy atom. The molecule has 0 radical (unpaired) electrons. The number of carbonyl (C=O) groups is 1. The van der Waals surface area contributed by atoms with Crippen molar-refractivity contribution in [1.29, 1.82) is 0 Å². The lowest BCUT2D eigenvalue weighted by atomic mass is 10.1. The molecule has 0 unspecified atom stereocenters. The summed E-state index contributed by atoms with van der Waals surface area (Å²) in [5.74, 6) is 0. The van der Waals surface area contributed by atoms with Crippen LogP contribution in [0.1, 0.15) is 35.3 Å². The fourth-order valence-electron chi connectivity index (χ4n) is 2.07. The van der Waals surface area contributed by atoms with E-state index in [0.717, 1.165) is 24.9 Å². The van der Waals surface area contributed by atoms with Crippen LogP contribution < -0.4 is 4.90 Å². The lowest BCUT2D eigenvalue weighted by molar-refractivity contribution is 0.111. The number of anilines is 1. The van der Waals surface area contributed by atoms with Crippen molar-refractivity contribution in [2.24, 2.45) is 0 Å². The Morgan fingerprint density at radius 3 is 2.73 bits per heavy atom. The molecule has 0 amide bonds. The molecule has 1 fully saturated rings. The number of hydrogen-bond acceptors (Lipinski definition) is 3. The molecular formula is C12H16N2O. The third kappa shape index (κ3) is 2.17. The first-order valence-corrected chi connectivity index (χ1v) is 5.48. The molecule has 0 saturated carbocycles. The fraction of sp³-hybridized carbons (Fsp3) is 0.500. The zero-order chi connectivity index (χ0) is 10.7. The molecule has 0 spiro atoms. The predicted molar refractivity (Wildman–Crippen MR) is 60.4 cm³/mol. The molecule has 80 valence electrons. The van der Waals surface area contributed by atoms with E-state index in [1.165, 1.54) is 24.9 Å². The lowest BCUT2D eigenvalue weighted by Crippen LogP contribution is -2.30. The van der Waals surface area contributed by atoms with Crippen molar-refractivity contribution >= 4 is 12.0 Å². The summed E-state index contributed by atoms with van der Waals surface area (Å²) in [6, 6.07) is 1.90. The molecule has 1 aliphatic rings. The molecule has 0 aliphatic carbocycles. The second kappa shape index (κ2) is 4.43. The van der Waals surface area contributed by atoms with Crippen LogP contribution in [0.5, 0.6) is 0 Å². The van der Waals surface area contributed by atoms with E-state index in [1.54, 1.807) is 6.20 Å². The second-order valence-electron chi connectivity index (χ2n) is 4.06. The molecule has 0 atom stereocenters. The van der Waals surface area contributed by atoms with Gasteiger partial charge in [-0.2, -0.15) is 0 Å². The maximum absolute atomic E-state index is 10.7. The first-order valence-electron chi connectivity index (χ1n) is 5.48. The lowest BCUT2D eigenvalue weighted by Gasteiger charge is -2.30. The molecule has 0 N–H and O–H groups in total. The summed E-state index contributed by atoms with van der Waals surface area (Å²) >= 11 is 0. The van der Waals surface area contributed by atoms with Crippen LogP contribution in [0.2, 0.25) is 0 Å². The molecule has 0 bridgehead atoms. The maximum atomic E-state index is 10.7. The van der Waals surface area contributed by atoms with E-state index in [2.05, 4.69) is 9.88 Å². The number of piperidine rings is 1. The highest BCUT2D eigenvalue weighted by Crippen LogP contribution is 2.23. The number of rotatable bonds is 2. The van der Waals surface area contributed by atoms with Gasteiger partial charge in [0.2, 0.25) is 0 Å². The Kier molecular flexibility index (Phi) is 2.99. The third-order valence-electron chi connectivity index (χ3n) is 2.91. The summed E-state index contributed by atoms with van der Waals surface area (Å²) in [6.45, 7) is 4.25. The number of nitrogens with zero attached hydrogens (tertiary/aromatic N) is 2. The van der Waals surface area contributed by atoms with Crippen molar-refractivity contribution in [1.82, 2.24) is 4.98 Å². The minimum absolute atomic E-state index is 0.529. The van der Waals surface area contributed by atoms with Gasteiger partial charge in [-0.15, -0.1) is 0 Å². The zero-order valence-electron chi connectivity index (χ0n) is 9.07. The highest BCUT2D eigenvalue weighted by atomic mass is 16.1. The summed E-state index contributed by atoms with van der Waals surface area (Å²) in [5, 5.41) is 0. The molecule has 2 rings (SSSR count). The second-order valence-corrected chi connectivity index (χ2v) is 4.06. The van der Waals surface area contributed by atoms with Crippen LogP contribution in [0, 0.1) is 6.92 Å². The van der Waals surface area contributed by atoms with Gasteiger partial charge in [0, 0.05) is 25.0 Å².